The van der Waals surface area contributed by atoms with Crippen molar-refractivity contribution < 1.29 is 5.11 Å². The van der Waals surface area contributed by atoms with Crippen molar-refractivity contribution in [2.45, 2.75) is 6.54 Å². The Hall–Kier alpha value is -2.76. The predicted octanol–water partition coefficient (Wildman–Crippen LogP) is 5.02. The standard InChI is InChI=1S/C19H14Cl2N4O/c20-15-6-1-12(9-16(15)21)10-22-18-7-8-19-23-11-17(25(19)24-18)13-2-4-14(26)5-3-13/h1-9,11,26H,10H2,(H,22,24). The zero-order valence-electron chi connectivity index (χ0n) is 13.5. The highest BCUT2D eigenvalue weighted by atomic mass is 35.5. The number of anilines is 1. The minimum atomic E-state index is 0.222. The third-order valence-corrected chi connectivity index (χ3v) is 4.72. The second kappa shape index (κ2) is 6.86. The summed E-state index contributed by atoms with van der Waals surface area (Å²) in [6, 6.07) is 16.2. The maximum Gasteiger partial charge on any atom is 0.154 e. The number of rotatable bonds is 4. The molecule has 0 spiro atoms. The Morgan fingerprint density at radius 2 is 1.77 bits per heavy atom. The third kappa shape index (κ3) is 3.31. The summed E-state index contributed by atoms with van der Waals surface area (Å²) in [5.74, 6) is 0.932. The van der Waals surface area contributed by atoms with E-state index in [9.17, 15) is 5.11 Å². The zero-order chi connectivity index (χ0) is 18.1. The summed E-state index contributed by atoms with van der Waals surface area (Å²) in [6.07, 6.45) is 1.76. The molecule has 2 heterocycles. The van der Waals surface area contributed by atoms with Crippen LogP contribution >= 0.6 is 23.2 Å². The summed E-state index contributed by atoms with van der Waals surface area (Å²) < 4.78 is 1.77. The van der Waals surface area contributed by atoms with Crippen molar-refractivity contribution in [1.29, 1.82) is 0 Å². The van der Waals surface area contributed by atoms with Crippen LogP contribution in [0.5, 0.6) is 5.75 Å². The van der Waals surface area contributed by atoms with E-state index in [4.69, 9.17) is 23.2 Å². The molecule has 0 aliphatic rings. The first-order valence-corrected chi connectivity index (χ1v) is 8.68. The van der Waals surface area contributed by atoms with Gasteiger partial charge in [0.15, 0.2) is 5.65 Å². The summed E-state index contributed by atoms with van der Waals surface area (Å²) in [5, 5.41) is 18.4. The monoisotopic (exact) mass is 384 g/mol. The van der Waals surface area contributed by atoms with E-state index in [1.54, 1.807) is 28.9 Å². The molecular weight excluding hydrogens is 371 g/mol. The molecule has 130 valence electrons. The predicted molar refractivity (Wildman–Crippen MR) is 104 cm³/mol. The van der Waals surface area contributed by atoms with Crippen LogP contribution in [-0.2, 0) is 6.54 Å². The number of fused-ring (bicyclic) bond motifs is 1. The number of hydrogen-bond donors (Lipinski definition) is 2. The van der Waals surface area contributed by atoms with Gasteiger partial charge in [0.1, 0.15) is 11.6 Å². The first-order chi connectivity index (χ1) is 12.6. The second-order valence-corrected chi connectivity index (χ2v) is 6.60. The molecule has 4 aromatic rings. The van der Waals surface area contributed by atoms with E-state index < -0.39 is 0 Å². The molecule has 0 unspecified atom stereocenters. The van der Waals surface area contributed by atoms with Crippen LogP contribution in [0.25, 0.3) is 16.9 Å². The van der Waals surface area contributed by atoms with Crippen LogP contribution < -0.4 is 5.32 Å². The highest BCUT2D eigenvalue weighted by Crippen LogP contribution is 2.24. The van der Waals surface area contributed by atoms with E-state index in [0.29, 0.717) is 22.4 Å². The van der Waals surface area contributed by atoms with Gasteiger partial charge >= 0.3 is 0 Å². The first kappa shape index (κ1) is 16.7. The summed E-state index contributed by atoms with van der Waals surface area (Å²) in [6.45, 7) is 0.568. The Bertz CT molecular complexity index is 1080. The number of phenolic OH excluding ortho intramolecular Hbond substituents is 1. The number of halogens is 2. The number of nitrogens with zero attached hydrogens (tertiary/aromatic N) is 3. The molecule has 4 rings (SSSR count). The zero-order valence-corrected chi connectivity index (χ0v) is 15.0. The van der Waals surface area contributed by atoms with E-state index in [1.165, 1.54) is 0 Å². The van der Waals surface area contributed by atoms with Crippen LogP contribution in [0.15, 0.2) is 60.8 Å². The average molecular weight is 385 g/mol. The minimum Gasteiger partial charge on any atom is -0.508 e. The summed E-state index contributed by atoms with van der Waals surface area (Å²) >= 11 is 12.0. The van der Waals surface area contributed by atoms with Gasteiger partial charge in [-0.2, -0.15) is 0 Å². The van der Waals surface area contributed by atoms with Crippen LogP contribution in [0.2, 0.25) is 10.0 Å². The molecule has 0 saturated heterocycles. The Kier molecular flexibility index (Phi) is 4.41. The van der Waals surface area contributed by atoms with Crippen molar-refractivity contribution >= 4 is 34.7 Å². The van der Waals surface area contributed by atoms with Crippen molar-refractivity contribution in [2.24, 2.45) is 0 Å². The highest BCUT2D eigenvalue weighted by Gasteiger charge is 2.08. The lowest BCUT2D eigenvalue weighted by Crippen LogP contribution is -2.04. The molecule has 0 saturated carbocycles. The lowest BCUT2D eigenvalue weighted by molar-refractivity contribution is 0.475. The summed E-state index contributed by atoms with van der Waals surface area (Å²) in [7, 11) is 0. The summed E-state index contributed by atoms with van der Waals surface area (Å²) in [5.41, 5.74) is 3.52. The second-order valence-electron chi connectivity index (χ2n) is 5.78. The number of aromatic hydroxyl groups is 1. The van der Waals surface area contributed by atoms with Crippen molar-refractivity contribution in [3.63, 3.8) is 0 Å². The van der Waals surface area contributed by atoms with Crippen molar-refractivity contribution in [3.8, 4) is 17.0 Å². The van der Waals surface area contributed by atoms with Crippen molar-refractivity contribution in [2.75, 3.05) is 5.32 Å². The van der Waals surface area contributed by atoms with Crippen molar-refractivity contribution in [3.05, 3.63) is 76.4 Å². The molecule has 2 N–H and O–H groups in total. The minimum absolute atomic E-state index is 0.222. The molecule has 0 amide bonds. The molecule has 0 aliphatic heterocycles. The molecule has 2 aromatic heterocycles. The van der Waals surface area contributed by atoms with Crippen LogP contribution in [0.1, 0.15) is 5.56 Å². The van der Waals surface area contributed by atoms with Gasteiger partial charge in [0.25, 0.3) is 0 Å². The van der Waals surface area contributed by atoms with Gasteiger partial charge in [-0.25, -0.2) is 9.50 Å². The Balaban J connectivity index is 1.61. The maximum absolute atomic E-state index is 9.46. The number of imidazole rings is 1. The Labute approximate surface area is 159 Å². The SMILES string of the molecule is Oc1ccc(-c2cnc3ccc(NCc4ccc(Cl)c(Cl)c4)nn23)cc1. The largest absolute Gasteiger partial charge is 0.508 e. The average Bonchev–Trinajstić information content (AvgIpc) is 3.06. The molecular formula is C19H14Cl2N4O. The van der Waals surface area contributed by atoms with Gasteiger partial charge in [-0.15, -0.1) is 5.10 Å². The Morgan fingerprint density at radius 1 is 0.962 bits per heavy atom. The molecule has 0 aliphatic carbocycles. The molecule has 5 nitrogen and oxygen atoms in total. The third-order valence-electron chi connectivity index (χ3n) is 3.98. The van der Waals surface area contributed by atoms with E-state index >= 15 is 0 Å². The quantitative estimate of drug-likeness (QED) is 0.518. The van der Waals surface area contributed by atoms with Gasteiger partial charge in [-0.1, -0.05) is 29.3 Å². The normalized spacial score (nSPS) is 11.0. The maximum atomic E-state index is 9.46. The van der Waals surface area contributed by atoms with Crippen LogP contribution in [0.4, 0.5) is 5.82 Å². The lowest BCUT2D eigenvalue weighted by atomic mass is 10.2. The van der Waals surface area contributed by atoms with Crippen LogP contribution in [0.3, 0.4) is 0 Å². The van der Waals surface area contributed by atoms with E-state index in [1.807, 2.05) is 36.4 Å². The van der Waals surface area contributed by atoms with E-state index in [-0.39, 0.29) is 5.75 Å². The fourth-order valence-corrected chi connectivity index (χ4v) is 2.96. The Morgan fingerprint density at radius 3 is 2.54 bits per heavy atom. The van der Waals surface area contributed by atoms with E-state index in [0.717, 1.165) is 22.5 Å². The molecule has 0 fully saturated rings. The topological polar surface area (TPSA) is 62.5 Å². The molecule has 26 heavy (non-hydrogen) atoms. The molecule has 0 atom stereocenters. The summed E-state index contributed by atoms with van der Waals surface area (Å²) in [4.78, 5) is 4.38. The smallest absolute Gasteiger partial charge is 0.154 e. The van der Waals surface area contributed by atoms with Gasteiger partial charge in [0, 0.05) is 12.1 Å². The highest BCUT2D eigenvalue weighted by molar-refractivity contribution is 6.42. The lowest BCUT2D eigenvalue weighted by Gasteiger charge is -2.08. The van der Waals surface area contributed by atoms with Gasteiger partial charge in [0.2, 0.25) is 0 Å². The first-order valence-electron chi connectivity index (χ1n) is 7.92. The molecule has 2 aromatic carbocycles. The van der Waals surface area contributed by atoms with Crippen molar-refractivity contribution in [1.82, 2.24) is 14.6 Å². The molecule has 7 heteroatoms. The number of benzene rings is 2. The number of aromatic nitrogens is 3. The number of nitrogens with one attached hydrogen (secondary N) is 1. The van der Waals surface area contributed by atoms with Gasteiger partial charge in [0.05, 0.1) is 21.9 Å². The van der Waals surface area contributed by atoms with Crippen LogP contribution in [0, 0.1) is 0 Å². The number of phenols is 1. The van der Waals surface area contributed by atoms with Gasteiger partial charge in [-0.3, -0.25) is 0 Å². The van der Waals surface area contributed by atoms with E-state index in [2.05, 4.69) is 15.4 Å². The fraction of sp³-hybridized carbons (Fsp3) is 0.0526. The van der Waals surface area contributed by atoms with Gasteiger partial charge < -0.3 is 10.4 Å². The van der Waals surface area contributed by atoms with Gasteiger partial charge in [-0.05, 0) is 54.1 Å². The number of hydrogen-bond acceptors (Lipinski definition) is 4. The fourth-order valence-electron chi connectivity index (χ4n) is 2.64. The molecule has 0 bridgehead atoms. The molecule has 0 radical (unpaired) electrons. The van der Waals surface area contributed by atoms with Crippen LogP contribution in [-0.4, -0.2) is 19.7 Å².